The van der Waals surface area contributed by atoms with Gasteiger partial charge in [-0.05, 0) is 42.8 Å². The molecular formula is C17H21N3O3S3. The molecule has 0 spiro atoms. The zero-order valence-electron chi connectivity index (χ0n) is 14.3. The molecule has 0 saturated carbocycles. The van der Waals surface area contributed by atoms with Gasteiger partial charge in [0, 0.05) is 30.7 Å². The number of carbonyl (C=O) groups excluding carboxylic acids is 1. The van der Waals surface area contributed by atoms with Gasteiger partial charge in [0.15, 0.2) is 0 Å². The van der Waals surface area contributed by atoms with Crippen LogP contribution in [0.3, 0.4) is 0 Å². The Morgan fingerprint density at radius 3 is 2.73 bits per heavy atom. The topological polar surface area (TPSA) is 79.4 Å². The molecule has 0 aliphatic carbocycles. The second kappa shape index (κ2) is 8.98. The van der Waals surface area contributed by atoms with Crippen molar-refractivity contribution in [3.63, 3.8) is 0 Å². The van der Waals surface area contributed by atoms with Gasteiger partial charge in [0.2, 0.25) is 15.9 Å². The predicted octanol–water partition coefficient (Wildman–Crippen LogP) is 2.38. The van der Waals surface area contributed by atoms with Gasteiger partial charge in [0.05, 0.1) is 10.8 Å². The Morgan fingerprint density at radius 1 is 1.27 bits per heavy atom. The molecule has 0 unspecified atom stereocenters. The molecule has 1 fully saturated rings. The molecule has 9 heteroatoms. The Bertz CT molecular complexity index is 815. The predicted molar refractivity (Wildman–Crippen MR) is 104 cm³/mol. The number of hydrogen-bond acceptors (Lipinski definition) is 6. The monoisotopic (exact) mass is 411 g/mol. The van der Waals surface area contributed by atoms with Gasteiger partial charge >= 0.3 is 0 Å². The first-order valence-electron chi connectivity index (χ1n) is 8.44. The largest absolute Gasteiger partial charge is 0.355 e. The molecule has 6 nitrogen and oxygen atoms in total. The Morgan fingerprint density at radius 2 is 2.08 bits per heavy atom. The van der Waals surface area contributed by atoms with E-state index in [9.17, 15) is 13.2 Å². The number of pyridine rings is 1. The molecule has 1 amide bonds. The van der Waals surface area contributed by atoms with Crippen molar-refractivity contribution in [2.75, 3.05) is 25.4 Å². The van der Waals surface area contributed by atoms with Crippen molar-refractivity contribution in [1.82, 2.24) is 14.6 Å². The van der Waals surface area contributed by atoms with Gasteiger partial charge < -0.3 is 5.32 Å². The van der Waals surface area contributed by atoms with Crippen molar-refractivity contribution in [2.45, 2.75) is 29.2 Å². The highest BCUT2D eigenvalue weighted by Crippen LogP contribution is 2.22. The average molecular weight is 412 g/mol. The third kappa shape index (κ3) is 5.06. The molecule has 0 radical (unpaired) electrons. The van der Waals surface area contributed by atoms with Crippen LogP contribution in [0.5, 0.6) is 0 Å². The SMILES string of the molecule is O=C(CSc1ccc(S(=O)(=O)N2CCCC2)cn1)NCCc1cccs1. The van der Waals surface area contributed by atoms with Gasteiger partial charge in [-0.2, -0.15) is 4.31 Å². The maximum Gasteiger partial charge on any atom is 0.244 e. The summed E-state index contributed by atoms with van der Waals surface area (Å²) in [6.07, 6.45) is 4.02. The van der Waals surface area contributed by atoms with Gasteiger partial charge in [-0.25, -0.2) is 13.4 Å². The minimum Gasteiger partial charge on any atom is -0.355 e. The van der Waals surface area contributed by atoms with E-state index in [1.165, 1.54) is 27.1 Å². The number of carbonyl (C=O) groups is 1. The summed E-state index contributed by atoms with van der Waals surface area (Å²) in [6.45, 7) is 1.76. The Balaban J connectivity index is 1.46. The molecule has 3 rings (SSSR count). The van der Waals surface area contributed by atoms with Gasteiger partial charge in [-0.15, -0.1) is 11.3 Å². The van der Waals surface area contributed by atoms with E-state index >= 15 is 0 Å². The number of thioether (sulfide) groups is 1. The van der Waals surface area contributed by atoms with Crippen molar-refractivity contribution >= 4 is 39.0 Å². The number of nitrogens with one attached hydrogen (secondary N) is 1. The molecular weight excluding hydrogens is 390 g/mol. The lowest BCUT2D eigenvalue weighted by molar-refractivity contribution is -0.118. The van der Waals surface area contributed by atoms with Gasteiger partial charge in [0.25, 0.3) is 0 Å². The smallest absolute Gasteiger partial charge is 0.244 e. The van der Waals surface area contributed by atoms with E-state index in [0.717, 1.165) is 19.3 Å². The van der Waals surface area contributed by atoms with Crippen molar-refractivity contribution in [3.05, 3.63) is 40.7 Å². The van der Waals surface area contributed by atoms with Gasteiger partial charge in [0.1, 0.15) is 4.90 Å². The summed E-state index contributed by atoms with van der Waals surface area (Å²) in [5, 5.41) is 5.54. The van der Waals surface area contributed by atoms with E-state index in [1.807, 2.05) is 17.5 Å². The molecule has 1 aliphatic heterocycles. The molecule has 0 aromatic carbocycles. The first-order chi connectivity index (χ1) is 12.6. The Kier molecular flexibility index (Phi) is 6.68. The van der Waals surface area contributed by atoms with E-state index in [4.69, 9.17) is 0 Å². The van der Waals surface area contributed by atoms with Crippen LogP contribution in [0.1, 0.15) is 17.7 Å². The number of amides is 1. The number of aromatic nitrogens is 1. The van der Waals surface area contributed by atoms with E-state index in [0.29, 0.717) is 24.7 Å². The van der Waals surface area contributed by atoms with Crippen molar-refractivity contribution < 1.29 is 13.2 Å². The highest BCUT2D eigenvalue weighted by atomic mass is 32.2. The highest BCUT2D eigenvalue weighted by molar-refractivity contribution is 7.99. The molecule has 1 aliphatic rings. The van der Waals surface area contributed by atoms with Gasteiger partial charge in [-0.3, -0.25) is 4.79 Å². The van der Waals surface area contributed by atoms with Crippen molar-refractivity contribution in [1.29, 1.82) is 0 Å². The second-order valence-corrected chi connectivity index (χ2v) is 9.88. The van der Waals surface area contributed by atoms with Crippen LogP contribution in [0.4, 0.5) is 0 Å². The summed E-state index contributed by atoms with van der Waals surface area (Å²) in [4.78, 5) is 17.5. The quantitative estimate of drug-likeness (QED) is 0.675. The van der Waals surface area contributed by atoms with E-state index in [2.05, 4.69) is 10.3 Å². The molecule has 3 heterocycles. The third-order valence-corrected chi connectivity index (χ3v) is 7.80. The highest BCUT2D eigenvalue weighted by Gasteiger charge is 2.27. The zero-order chi connectivity index (χ0) is 18.4. The molecule has 2 aromatic heterocycles. The standard InChI is InChI=1S/C17H21N3O3S3/c21-16(18-8-7-14-4-3-11-24-14)13-25-17-6-5-15(12-19-17)26(22,23)20-9-1-2-10-20/h3-6,11-12H,1-2,7-10,13H2,(H,18,21). The lowest BCUT2D eigenvalue weighted by Crippen LogP contribution is -2.28. The molecule has 0 atom stereocenters. The molecule has 0 bridgehead atoms. The van der Waals surface area contributed by atoms with E-state index in [-0.39, 0.29) is 16.6 Å². The van der Waals surface area contributed by atoms with Crippen LogP contribution < -0.4 is 5.32 Å². The van der Waals surface area contributed by atoms with Crippen LogP contribution in [0.2, 0.25) is 0 Å². The van der Waals surface area contributed by atoms with E-state index < -0.39 is 10.0 Å². The number of thiophene rings is 1. The fraction of sp³-hybridized carbons (Fsp3) is 0.412. The minimum absolute atomic E-state index is 0.0536. The van der Waals surface area contributed by atoms with E-state index in [1.54, 1.807) is 23.5 Å². The van der Waals surface area contributed by atoms with Crippen LogP contribution in [0.25, 0.3) is 0 Å². The minimum atomic E-state index is -3.44. The second-order valence-electron chi connectivity index (χ2n) is 5.91. The number of nitrogens with zero attached hydrogens (tertiary/aromatic N) is 2. The zero-order valence-corrected chi connectivity index (χ0v) is 16.7. The fourth-order valence-corrected chi connectivity index (χ4v) is 5.50. The Labute approximate surface area is 162 Å². The summed E-state index contributed by atoms with van der Waals surface area (Å²) in [7, 11) is -3.44. The maximum absolute atomic E-state index is 12.4. The molecule has 26 heavy (non-hydrogen) atoms. The molecule has 140 valence electrons. The molecule has 1 N–H and O–H groups in total. The number of sulfonamides is 1. The summed E-state index contributed by atoms with van der Waals surface area (Å²) in [6, 6.07) is 7.27. The van der Waals surface area contributed by atoms with Crippen LogP contribution >= 0.6 is 23.1 Å². The summed E-state index contributed by atoms with van der Waals surface area (Å²) < 4.78 is 26.4. The lowest BCUT2D eigenvalue weighted by atomic mass is 10.3. The van der Waals surface area contributed by atoms with Crippen molar-refractivity contribution in [3.8, 4) is 0 Å². The average Bonchev–Trinajstić information content (AvgIpc) is 3.34. The summed E-state index contributed by atoms with van der Waals surface area (Å²) >= 11 is 2.98. The van der Waals surface area contributed by atoms with Crippen molar-refractivity contribution in [2.24, 2.45) is 0 Å². The van der Waals surface area contributed by atoms with Crippen LogP contribution in [-0.2, 0) is 21.2 Å². The fourth-order valence-electron chi connectivity index (χ4n) is 2.65. The van der Waals surface area contributed by atoms with Crippen LogP contribution in [-0.4, -0.2) is 49.0 Å². The lowest BCUT2D eigenvalue weighted by Gasteiger charge is -2.15. The number of hydrogen-bond donors (Lipinski definition) is 1. The van der Waals surface area contributed by atoms with Crippen LogP contribution in [0.15, 0.2) is 45.8 Å². The van der Waals surface area contributed by atoms with Crippen LogP contribution in [0, 0.1) is 0 Å². The normalized spacial score (nSPS) is 15.2. The Hall–Kier alpha value is -1.42. The maximum atomic E-state index is 12.4. The third-order valence-electron chi connectivity index (χ3n) is 4.04. The summed E-state index contributed by atoms with van der Waals surface area (Å²) in [5.41, 5.74) is 0. The first kappa shape index (κ1) is 19.3. The van der Waals surface area contributed by atoms with Gasteiger partial charge in [-0.1, -0.05) is 17.8 Å². The first-order valence-corrected chi connectivity index (χ1v) is 11.7. The molecule has 2 aromatic rings. The summed E-state index contributed by atoms with van der Waals surface area (Å²) in [5.74, 6) is 0.206. The number of rotatable bonds is 8. The molecule has 1 saturated heterocycles.